The van der Waals surface area contributed by atoms with Gasteiger partial charge in [-0.05, 0) is 103 Å². The first-order valence-electron chi connectivity index (χ1n) is 19.3. The van der Waals surface area contributed by atoms with Crippen molar-refractivity contribution in [3.63, 3.8) is 0 Å². The first-order valence-corrected chi connectivity index (χ1v) is 19.3. The molecule has 0 saturated carbocycles. The number of benzene rings is 6. The molecule has 0 fully saturated rings. The molecule has 6 aromatic carbocycles. The topological polar surface area (TPSA) is 8.81 Å². The lowest BCUT2D eigenvalue weighted by atomic mass is 9.84. The molecule has 0 saturated heterocycles. The molecule has 9 rings (SSSR count). The Balaban J connectivity index is 1.39. The van der Waals surface area contributed by atoms with E-state index in [1.54, 1.807) is 0 Å². The van der Waals surface area contributed by atoms with Gasteiger partial charge in [-0.2, -0.15) is 4.57 Å². The Hall–Kier alpha value is -5.21. The third kappa shape index (κ3) is 4.80. The Labute approximate surface area is 308 Å². The quantitative estimate of drug-likeness (QED) is 0.122. The van der Waals surface area contributed by atoms with E-state index >= 15 is 0 Å². The van der Waals surface area contributed by atoms with Crippen molar-refractivity contribution in [2.75, 3.05) is 0 Å². The second kappa shape index (κ2) is 12.2. The van der Waals surface area contributed by atoms with Crippen molar-refractivity contribution in [1.29, 1.82) is 0 Å². The van der Waals surface area contributed by atoms with Crippen molar-refractivity contribution in [3.05, 3.63) is 138 Å². The first-order chi connectivity index (χ1) is 25.1. The van der Waals surface area contributed by atoms with Crippen molar-refractivity contribution >= 4 is 43.4 Å². The van der Waals surface area contributed by atoms with Gasteiger partial charge >= 0.3 is 0 Å². The van der Waals surface area contributed by atoms with Gasteiger partial charge < -0.3 is 0 Å². The smallest absolute Gasteiger partial charge is 0.228 e. The van der Waals surface area contributed by atoms with E-state index < -0.39 is 0 Å². The van der Waals surface area contributed by atoms with Gasteiger partial charge in [0.05, 0.1) is 16.6 Å². The average molecular weight is 678 g/mol. The van der Waals surface area contributed by atoms with E-state index in [2.05, 4.69) is 180 Å². The van der Waals surface area contributed by atoms with Gasteiger partial charge in [-0.25, -0.2) is 0 Å². The molecule has 2 heteroatoms. The summed E-state index contributed by atoms with van der Waals surface area (Å²) in [6.07, 6.45) is 2.34. The number of fused-ring (bicyclic) bond motifs is 8. The maximum Gasteiger partial charge on any atom is 0.228 e. The van der Waals surface area contributed by atoms with Crippen LogP contribution >= 0.6 is 0 Å². The van der Waals surface area contributed by atoms with Crippen LogP contribution < -0.4 is 4.57 Å². The number of pyridine rings is 1. The fraction of sp³-hybridized carbons (Fsp3) is 0.260. The van der Waals surface area contributed by atoms with Crippen LogP contribution in [0.4, 0.5) is 0 Å². The number of rotatable bonds is 6. The second-order valence-electron chi connectivity index (χ2n) is 16.3. The van der Waals surface area contributed by atoms with Gasteiger partial charge in [0.25, 0.3) is 0 Å². The minimum atomic E-state index is 0.435. The molecule has 1 aliphatic heterocycles. The minimum Gasteiger partial charge on any atom is -0.284 e. The molecule has 0 radical (unpaired) electrons. The molecular weight excluding hydrogens is 629 g/mol. The van der Waals surface area contributed by atoms with Crippen LogP contribution in [0.3, 0.4) is 0 Å². The molecule has 52 heavy (non-hydrogen) atoms. The summed E-state index contributed by atoms with van der Waals surface area (Å²) in [5, 5.41) is 8.01. The van der Waals surface area contributed by atoms with Crippen LogP contribution in [0.5, 0.6) is 0 Å². The summed E-state index contributed by atoms with van der Waals surface area (Å²) in [4.78, 5) is 0. The molecule has 0 spiro atoms. The summed E-state index contributed by atoms with van der Waals surface area (Å²) < 4.78 is 5.08. The highest BCUT2D eigenvalue weighted by Gasteiger charge is 2.29. The summed E-state index contributed by atoms with van der Waals surface area (Å²) in [6.45, 7) is 19.3. The number of nitrogens with zero attached hydrogens (tertiary/aromatic N) is 2. The number of aromatic nitrogens is 2. The van der Waals surface area contributed by atoms with E-state index in [1.165, 1.54) is 99.1 Å². The molecule has 0 N–H and O–H groups in total. The summed E-state index contributed by atoms with van der Waals surface area (Å²) in [5.74, 6) is 1.74. The van der Waals surface area contributed by atoms with Crippen LogP contribution in [0.25, 0.3) is 76.9 Å². The molecule has 0 aliphatic carbocycles. The van der Waals surface area contributed by atoms with E-state index in [1.807, 2.05) is 0 Å². The Kier molecular flexibility index (Phi) is 7.66. The van der Waals surface area contributed by atoms with E-state index in [0.29, 0.717) is 23.7 Å². The maximum atomic E-state index is 2.60. The fourth-order valence-electron chi connectivity index (χ4n) is 9.33. The first kappa shape index (κ1) is 32.7. The zero-order valence-electron chi connectivity index (χ0n) is 31.9. The molecule has 1 aliphatic rings. The lowest BCUT2D eigenvalue weighted by Gasteiger charge is -2.20. The summed E-state index contributed by atoms with van der Waals surface area (Å²) in [6, 6.07) is 42.0. The molecule has 0 atom stereocenters. The van der Waals surface area contributed by atoms with Crippen molar-refractivity contribution in [1.82, 2.24) is 4.57 Å². The monoisotopic (exact) mass is 677 g/mol. The van der Waals surface area contributed by atoms with Gasteiger partial charge in [-0.3, -0.25) is 4.57 Å². The largest absolute Gasteiger partial charge is 0.284 e. The maximum absolute atomic E-state index is 2.60. The molecule has 0 amide bonds. The number of hydrogen-bond donors (Lipinski definition) is 0. The number of hydrogen-bond acceptors (Lipinski definition) is 0. The van der Waals surface area contributed by atoms with E-state index in [9.17, 15) is 0 Å². The van der Waals surface area contributed by atoms with Crippen molar-refractivity contribution in [2.45, 2.75) is 85.7 Å². The second-order valence-corrected chi connectivity index (χ2v) is 16.3. The minimum absolute atomic E-state index is 0.435. The molecule has 0 bridgehead atoms. The average Bonchev–Trinajstić information content (AvgIpc) is 3.39. The van der Waals surface area contributed by atoms with Gasteiger partial charge in [0.2, 0.25) is 12.4 Å². The van der Waals surface area contributed by atoms with Crippen LogP contribution in [-0.4, -0.2) is 4.57 Å². The zero-order valence-corrected chi connectivity index (χ0v) is 31.9. The van der Waals surface area contributed by atoms with Crippen molar-refractivity contribution in [3.8, 4) is 33.5 Å². The van der Waals surface area contributed by atoms with Gasteiger partial charge in [0, 0.05) is 28.3 Å². The standard InChI is InChI=1S/C50H49N2/c1-29(2)35-16-11-17-36(30(3)4)46(35)33-22-23-44-43(26-33)49-40-15-10-9-14-39(40)41-20-13-21-42-45-27-34(24-25-51(45)28-52(44)50(49)48(41)42)47-37(31(5)6)18-12-19-38(47)32(7)8/h9-27,29-32H,28H2,1-8H3/q+1. The molecule has 8 aromatic rings. The fourth-order valence-corrected chi connectivity index (χ4v) is 9.33. The predicted molar refractivity (Wildman–Crippen MR) is 223 cm³/mol. The highest BCUT2D eigenvalue weighted by Crippen LogP contribution is 2.47. The lowest BCUT2D eigenvalue weighted by Crippen LogP contribution is -2.38. The van der Waals surface area contributed by atoms with Gasteiger partial charge in [-0.15, -0.1) is 0 Å². The van der Waals surface area contributed by atoms with E-state index in [-0.39, 0.29) is 0 Å². The molecule has 2 aromatic heterocycles. The predicted octanol–water partition coefficient (Wildman–Crippen LogP) is 13.7. The van der Waals surface area contributed by atoms with Crippen LogP contribution in [0, 0.1) is 0 Å². The van der Waals surface area contributed by atoms with Crippen LogP contribution in [0.1, 0.15) is 101 Å². The molecule has 258 valence electrons. The molecular formula is C50H49N2+. The summed E-state index contributed by atoms with van der Waals surface area (Å²) >= 11 is 0. The third-order valence-electron chi connectivity index (χ3n) is 11.8. The Morgan fingerprint density at radius 2 is 1.00 bits per heavy atom. The van der Waals surface area contributed by atoms with Crippen LogP contribution in [0.2, 0.25) is 0 Å². The van der Waals surface area contributed by atoms with Gasteiger partial charge in [0.1, 0.15) is 0 Å². The molecule has 0 unspecified atom stereocenters. The van der Waals surface area contributed by atoms with Crippen molar-refractivity contribution < 1.29 is 4.57 Å². The normalized spacial score (nSPS) is 12.8. The Morgan fingerprint density at radius 1 is 0.481 bits per heavy atom. The lowest BCUT2D eigenvalue weighted by molar-refractivity contribution is -0.689. The van der Waals surface area contributed by atoms with Gasteiger partial charge in [-0.1, -0.05) is 134 Å². The zero-order chi connectivity index (χ0) is 36.0. The highest BCUT2D eigenvalue weighted by atomic mass is 15.2. The van der Waals surface area contributed by atoms with E-state index in [4.69, 9.17) is 0 Å². The summed E-state index contributed by atoms with van der Waals surface area (Å²) in [5.41, 5.74) is 16.3. The Bertz CT molecular complexity index is 2660. The highest BCUT2D eigenvalue weighted by molar-refractivity contribution is 6.34. The third-order valence-corrected chi connectivity index (χ3v) is 11.8. The SMILES string of the molecule is CC(C)c1cccc(C(C)C)c1-c1cc[n+]2c(c1)-c1cccc3c4ccccc4c4c5cc(-c6c(C(C)C)cccc6C(C)C)ccc5n(c4c13)C2. The van der Waals surface area contributed by atoms with Crippen molar-refractivity contribution in [2.24, 2.45) is 0 Å². The van der Waals surface area contributed by atoms with Crippen LogP contribution in [-0.2, 0) is 6.67 Å². The Morgan fingerprint density at radius 3 is 1.60 bits per heavy atom. The van der Waals surface area contributed by atoms with Crippen LogP contribution in [0.15, 0.2) is 115 Å². The molecule has 2 nitrogen and oxygen atoms in total. The summed E-state index contributed by atoms with van der Waals surface area (Å²) in [7, 11) is 0. The molecule has 3 heterocycles. The van der Waals surface area contributed by atoms with E-state index in [0.717, 1.165) is 6.67 Å². The van der Waals surface area contributed by atoms with Gasteiger partial charge in [0.15, 0.2) is 6.20 Å².